The normalized spacial score (nSPS) is 28.8. The van der Waals surface area contributed by atoms with Crippen molar-refractivity contribution in [1.82, 2.24) is 5.32 Å². The molecule has 18 heavy (non-hydrogen) atoms. The van der Waals surface area contributed by atoms with E-state index in [2.05, 4.69) is 32.3 Å². The van der Waals surface area contributed by atoms with E-state index in [1.165, 1.54) is 50.8 Å². The molecule has 0 saturated heterocycles. The largest absolute Gasteiger partial charge is 0.314 e. The van der Waals surface area contributed by atoms with Crippen molar-refractivity contribution < 1.29 is 0 Å². The Bertz CT molecular complexity index is 205. The smallest absolute Gasteiger partial charge is 0.0100 e. The highest BCUT2D eigenvalue weighted by molar-refractivity contribution is 7.98. The average molecular weight is 272 g/mol. The molecule has 0 bridgehead atoms. The number of rotatable bonds is 8. The minimum absolute atomic E-state index is 0.786. The Hall–Kier alpha value is 0.310. The lowest BCUT2D eigenvalue weighted by atomic mass is 9.74. The Balaban J connectivity index is 2.20. The maximum atomic E-state index is 3.85. The van der Waals surface area contributed by atoms with Crippen molar-refractivity contribution >= 4 is 11.8 Å². The van der Waals surface area contributed by atoms with Crippen LogP contribution < -0.4 is 5.32 Å². The van der Waals surface area contributed by atoms with Gasteiger partial charge in [-0.15, -0.1) is 0 Å². The van der Waals surface area contributed by atoms with Crippen molar-refractivity contribution in [3.63, 3.8) is 0 Å². The Labute approximate surface area is 119 Å². The summed E-state index contributed by atoms with van der Waals surface area (Å²) in [6.07, 6.45) is 10.6. The SMILES string of the molecule is CSCCCCCNC1CC(C)CCC1C(C)C. The quantitative estimate of drug-likeness (QED) is 0.649. The van der Waals surface area contributed by atoms with E-state index in [1.54, 1.807) is 0 Å². The van der Waals surface area contributed by atoms with E-state index in [9.17, 15) is 0 Å². The second-order valence-electron chi connectivity index (χ2n) is 6.44. The van der Waals surface area contributed by atoms with E-state index in [-0.39, 0.29) is 0 Å². The van der Waals surface area contributed by atoms with Crippen LogP contribution in [0.3, 0.4) is 0 Å². The molecule has 1 saturated carbocycles. The van der Waals surface area contributed by atoms with E-state index in [1.807, 2.05) is 11.8 Å². The first-order valence-corrected chi connectivity index (χ1v) is 9.26. The zero-order valence-corrected chi connectivity index (χ0v) is 13.7. The lowest BCUT2D eigenvalue weighted by Gasteiger charge is -2.38. The molecule has 0 aromatic heterocycles. The third-order valence-electron chi connectivity index (χ3n) is 4.45. The van der Waals surface area contributed by atoms with Gasteiger partial charge in [0.15, 0.2) is 0 Å². The van der Waals surface area contributed by atoms with Gasteiger partial charge < -0.3 is 5.32 Å². The summed E-state index contributed by atoms with van der Waals surface area (Å²) in [6.45, 7) is 8.44. The predicted molar refractivity (Wildman–Crippen MR) is 85.4 cm³/mol. The highest BCUT2D eigenvalue weighted by Gasteiger charge is 2.29. The fraction of sp³-hybridized carbons (Fsp3) is 1.00. The monoisotopic (exact) mass is 271 g/mol. The summed E-state index contributed by atoms with van der Waals surface area (Å²) in [5, 5.41) is 3.85. The minimum Gasteiger partial charge on any atom is -0.314 e. The van der Waals surface area contributed by atoms with Crippen molar-refractivity contribution in [2.45, 2.75) is 65.3 Å². The van der Waals surface area contributed by atoms with Gasteiger partial charge in [0.25, 0.3) is 0 Å². The summed E-state index contributed by atoms with van der Waals surface area (Å²) in [5.41, 5.74) is 0. The van der Waals surface area contributed by atoms with Crippen LogP contribution in [0.2, 0.25) is 0 Å². The van der Waals surface area contributed by atoms with Gasteiger partial charge in [0.2, 0.25) is 0 Å². The topological polar surface area (TPSA) is 12.0 Å². The number of unbranched alkanes of at least 4 members (excludes halogenated alkanes) is 2. The zero-order valence-electron chi connectivity index (χ0n) is 12.9. The highest BCUT2D eigenvalue weighted by Crippen LogP contribution is 2.33. The van der Waals surface area contributed by atoms with Crippen LogP contribution in [0.25, 0.3) is 0 Å². The fourth-order valence-electron chi connectivity index (χ4n) is 3.27. The molecule has 0 aromatic rings. The Morgan fingerprint density at radius 3 is 2.61 bits per heavy atom. The molecule has 0 amide bonds. The first kappa shape index (κ1) is 16.4. The van der Waals surface area contributed by atoms with Crippen LogP contribution in [-0.4, -0.2) is 24.6 Å². The molecule has 1 N–H and O–H groups in total. The summed E-state index contributed by atoms with van der Waals surface area (Å²) in [6, 6.07) is 0.786. The molecule has 1 rings (SSSR count). The highest BCUT2D eigenvalue weighted by atomic mass is 32.2. The van der Waals surface area contributed by atoms with Gasteiger partial charge in [-0.1, -0.05) is 33.6 Å². The van der Waals surface area contributed by atoms with Crippen LogP contribution in [0.1, 0.15) is 59.3 Å². The van der Waals surface area contributed by atoms with Crippen LogP contribution in [0.5, 0.6) is 0 Å². The van der Waals surface area contributed by atoms with Gasteiger partial charge in [-0.05, 0) is 62.0 Å². The molecule has 1 fully saturated rings. The van der Waals surface area contributed by atoms with Crippen LogP contribution in [-0.2, 0) is 0 Å². The van der Waals surface area contributed by atoms with Gasteiger partial charge >= 0.3 is 0 Å². The second kappa shape index (κ2) is 9.25. The molecule has 3 atom stereocenters. The minimum atomic E-state index is 0.786. The third kappa shape index (κ3) is 5.97. The van der Waals surface area contributed by atoms with E-state index < -0.39 is 0 Å². The van der Waals surface area contributed by atoms with Crippen molar-refractivity contribution in [2.24, 2.45) is 17.8 Å². The summed E-state index contributed by atoms with van der Waals surface area (Å²) in [7, 11) is 0. The molecule has 1 aliphatic rings. The first-order valence-electron chi connectivity index (χ1n) is 7.87. The molecule has 0 aliphatic heterocycles. The first-order chi connectivity index (χ1) is 8.65. The number of nitrogens with one attached hydrogen (secondary N) is 1. The van der Waals surface area contributed by atoms with Crippen LogP contribution in [0, 0.1) is 17.8 Å². The van der Waals surface area contributed by atoms with Crippen molar-refractivity contribution in [2.75, 3.05) is 18.6 Å². The van der Waals surface area contributed by atoms with Gasteiger partial charge in [0.05, 0.1) is 0 Å². The third-order valence-corrected chi connectivity index (χ3v) is 5.15. The standard InChI is InChI=1S/C16H33NS/c1-13(2)15-9-8-14(3)12-16(15)17-10-6-5-7-11-18-4/h13-17H,5-12H2,1-4H3. The molecule has 108 valence electrons. The van der Waals surface area contributed by atoms with Crippen LogP contribution in [0.15, 0.2) is 0 Å². The summed E-state index contributed by atoms with van der Waals surface area (Å²) >= 11 is 1.97. The summed E-state index contributed by atoms with van der Waals surface area (Å²) in [4.78, 5) is 0. The van der Waals surface area contributed by atoms with Gasteiger partial charge in [-0.2, -0.15) is 11.8 Å². The van der Waals surface area contributed by atoms with E-state index in [0.29, 0.717) is 0 Å². The molecule has 0 aromatic carbocycles. The van der Waals surface area contributed by atoms with E-state index in [4.69, 9.17) is 0 Å². The maximum absolute atomic E-state index is 3.85. The molecule has 1 aliphatic carbocycles. The number of hydrogen-bond acceptors (Lipinski definition) is 2. The number of thioether (sulfide) groups is 1. The molecular formula is C16H33NS. The van der Waals surface area contributed by atoms with Crippen LogP contribution in [0.4, 0.5) is 0 Å². The maximum Gasteiger partial charge on any atom is 0.0100 e. The Morgan fingerprint density at radius 1 is 1.17 bits per heavy atom. The van der Waals surface area contributed by atoms with Gasteiger partial charge in [-0.3, -0.25) is 0 Å². The molecule has 1 nitrogen and oxygen atoms in total. The average Bonchev–Trinajstić information content (AvgIpc) is 2.33. The lowest BCUT2D eigenvalue weighted by Crippen LogP contribution is -2.43. The molecule has 0 radical (unpaired) electrons. The Morgan fingerprint density at radius 2 is 1.94 bits per heavy atom. The van der Waals surface area contributed by atoms with Crippen molar-refractivity contribution in [3.05, 3.63) is 0 Å². The summed E-state index contributed by atoms with van der Waals surface area (Å²) < 4.78 is 0. The molecule has 0 heterocycles. The number of hydrogen-bond donors (Lipinski definition) is 1. The van der Waals surface area contributed by atoms with E-state index in [0.717, 1.165) is 23.8 Å². The zero-order chi connectivity index (χ0) is 13.4. The van der Waals surface area contributed by atoms with Crippen molar-refractivity contribution in [1.29, 1.82) is 0 Å². The predicted octanol–water partition coefficient (Wildman–Crippen LogP) is 4.57. The molecule has 2 heteroatoms. The van der Waals surface area contributed by atoms with Gasteiger partial charge in [0.1, 0.15) is 0 Å². The van der Waals surface area contributed by atoms with Crippen molar-refractivity contribution in [3.8, 4) is 0 Å². The van der Waals surface area contributed by atoms with Gasteiger partial charge in [0, 0.05) is 6.04 Å². The fourth-order valence-corrected chi connectivity index (χ4v) is 3.77. The summed E-state index contributed by atoms with van der Waals surface area (Å²) in [5.74, 6) is 4.00. The molecule has 3 unspecified atom stereocenters. The second-order valence-corrected chi connectivity index (χ2v) is 7.43. The molecule has 0 spiro atoms. The van der Waals surface area contributed by atoms with Gasteiger partial charge in [-0.25, -0.2) is 0 Å². The van der Waals surface area contributed by atoms with E-state index >= 15 is 0 Å². The Kier molecular flexibility index (Phi) is 8.41. The molecular weight excluding hydrogens is 238 g/mol. The lowest BCUT2D eigenvalue weighted by molar-refractivity contribution is 0.170. The van der Waals surface area contributed by atoms with Crippen LogP contribution >= 0.6 is 11.8 Å².